The Morgan fingerprint density at radius 1 is 0.960 bits per heavy atom. The summed E-state index contributed by atoms with van der Waals surface area (Å²) in [4.78, 5) is 16.7. The molecule has 0 aromatic heterocycles. The molecule has 25 heavy (non-hydrogen) atoms. The minimum Gasteiger partial charge on any atom is -0.493 e. The molecule has 1 saturated heterocycles. The van der Waals surface area contributed by atoms with E-state index in [0.29, 0.717) is 35.2 Å². The SMILES string of the molecule is COc1ccc(N2CCN(C(=O)c3cccc(Cl)c3)CC2)cc1OC. The summed E-state index contributed by atoms with van der Waals surface area (Å²) in [6.07, 6.45) is 0. The average molecular weight is 361 g/mol. The molecular formula is C19H21ClN2O3. The fourth-order valence-electron chi connectivity index (χ4n) is 2.99. The van der Waals surface area contributed by atoms with Gasteiger partial charge < -0.3 is 19.3 Å². The highest BCUT2D eigenvalue weighted by Crippen LogP contribution is 2.32. The van der Waals surface area contributed by atoms with Crippen molar-refractivity contribution in [3.63, 3.8) is 0 Å². The molecule has 2 aromatic rings. The van der Waals surface area contributed by atoms with Gasteiger partial charge in [-0.05, 0) is 30.3 Å². The van der Waals surface area contributed by atoms with Gasteiger partial charge in [-0.25, -0.2) is 0 Å². The number of hydrogen-bond donors (Lipinski definition) is 0. The van der Waals surface area contributed by atoms with Gasteiger partial charge in [0.05, 0.1) is 14.2 Å². The van der Waals surface area contributed by atoms with E-state index in [9.17, 15) is 4.79 Å². The maximum absolute atomic E-state index is 12.6. The van der Waals surface area contributed by atoms with Gasteiger partial charge in [0.1, 0.15) is 0 Å². The quantitative estimate of drug-likeness (QED) is 0.838. The minimum atomic E-state index is 0.0226. The van der Waals surface area contributed by atoms with Crippen molar-refractivity contribution in [2.75, 3.05) is 45.3 Å². The molecule has 1 aliphatic heterocycles. The van der Waals surface area contributed by atoms with Gasteiger partial charge in [-0.1, -0.05) is 17.7 Å². The molecular weight excluding hydrogens is 340 g/mol. The zero-order valence-electron chi connectivity index (χ0n) is 14.4. The van der Waals surface area contributed by atoms with Crippen molar-refractivity contribution in [3.05, 3.63) is 53.1 Å². The Labute approximate surface area is 152 Å². The van der Waals surface area contributed by atoms with Crippen molar-refractivity contribution in [2.45, 2.75) is 0 Å². The zero-order chi connectivity index (χ0) is 17.8. The van der Waals surface area contributed by atoms with Crippen LogP contribution in [0.1, 0.15) is 10.4 Å². The molecule has 0 aliphatic carbocycles. The predicted octanol–water partition coefficient (Wildman–Crippen LogP) is 3.32. The summed E-state index contributed by atoms with van der Waals surface area (Å²) in [6.45, 7) is 2.86. The summed E-state index contributed by atoms with van der Waals surface area (Å²) in [5, 5.41) is 0.579. The van der Waals surface area contributed by atoms with Gasteiger partial charge in [0.2, 0.25) is 0 Å². The first-order valence-electron chi connectivity index (χ1n) is 8.14. The first-order chi connectivity index (χ1) is 12.1. The molecule has 2 aromatic carbocycles. The van der Waals surface area contributed by atoms with E-state index in [0.717, 1.165) is 18.8 Å². The maximum atomic E-state index is 12.6. The van der Waals surface area contributed by atoms with Crippen LogP contribution in [-0.2, 0) is 0 Å². The minimum absolute atomic E-state index is 0.0226. The molecule has 0 bridgehead atoms. The summed E-state index contributed by atoms with van der Waals surface area (Å²) in [7, 11) is 3.25. The summed E-state index contributed by atoms with van der Waals surface area (Å²) in [6, 6.07) is 13.0. The number of methoxy groups -OCH3 is 2. The summed E-state index contributed by atoms with van der Waals surface area (Å²) < 4.78 is 10.6. The average Bonchev–Trinajstić information content (AvgIpc) is 2.67. The van der Waals surface area contributed by atoms with Crippen molar-refractivity contribution < 1.29 is 14.3 Å². The second-order valence-corrected chi connectivity index (χ2v) is 6.27. The Kier molecular flexibility index (Phi) is 5.34. The number of anilines is 1. The highest BCUT2D eigenvalue weighted by atomic mass is 35.5. The van der Waals surface area contributed by atoms with Gasteiger partial charge >= 0.3 is 0 Å². The van der Waals surface area contributed by atoms with Crippen LogP contribution in [0.4, 0.5) is 5.69 Å². The van der Waals surface area contributed by atoms with E-state index < -0.39 is 0 Å². The van der Waals surface area contributed by atoms with Gasteiger partial charge in [0.15, 0.2) is 11.5 Å². The van der Waals surface area contributed by atoms with E-state index in [2.05, 4.69) is 4.90 Å². The third-order valence-electron chi connectivity index (χ3n) is 4.37. The van der Waals surface area contributed by atoms with Crippen LogP contribution in [0.3, 0.4) is 0 Å². The molecule has 0 saturated carbocycles. The molecule has 6 heteroatoms. The van der Waals surface area contributed by atoms with Gasteiger partial charge in [-0.15, -0.1) is 0 Å². The Bertz CT molecular complexity index is 758. The van der Waals surface area contributed by atoms with Gasteiger partial charge in [-0.3, -0.25) is 4.79 Å². The van der Waals surface area contributed by atoms with Crippen molar-refractivity contribution in [3.8, 4) is 11.5 Å². The van der Waals surface area contributed by atoms with Crippen LogP contribution in [-0.4, -0.2) is 51.2 Å². The molecule has 1 amide bonds. The molecule has 3 rings (SSSR count). The lowest BCUT2D eigenvalue weighted by molar-refractivity contribution is 0.0747. The van der Waals surface area contributed by atoms with E-state index in [1.807, 2.05) is 23.1 Å². The number of benzene rings is 2. The lowest BCUT2D eigenvalue weighted by atomic mass is 10.1. The summed E-state index contributed by atoms with van der Waals surface area (Å²) in [5.74, 6) is 1.44. The molecule has 0 radical (unpaired) electrons. The first-order valence-corrected chi connectivity index (χ1v) is 8.52. The monoisotopic (exact) mass is 360 g/mol. The van der Waals surface area contributed by atoms with E-state index in [1.165, 1.54) is 0 Å². The van der Waals surface area contributed by atoms with E-state index in [-0.39, 0.29) is 5.91 Å². The number of amides is 1. The highest BCUT2D eigenvalue weighted by molar-refractivity contribution is 6.30. The van der Waals surface area contributed by atoms with Crippen LogP contribution < -0.4 is 14.4 Å². The molecule has 0 unspecified atom stereocenters. The van der Waals surface area contributed by atoms with Crippen molar-refractivity contribution in [1.82, 2.24) is 4.90 Å². The molecule has 0 N–H and O–H groups in total. The van der Waals surface area contributed by atoms with Gasteiger partial charge in [0.25, 0.3) is 5.91 Å². The number of rotatable bonds is 4. The number of carbonyl (C=O) groups is 1. The van der Waals surface area contributed by atoms with Crippen molar-refractivity contribution >= 4 is 23.2 Å². The lowest BCUT2D eigenvalue weighted by Crippen LogP contribution is -2.48. The maximum Gasteiger partial charge on any atom is 0.254 e. The van der Waals surface area contributed by atoms with Crippen LogP contribution >= 0.6 is 11.6 Å². The van der Waals surface area contributed by atoms with Crippen molar-refractivity contribution in [1.29, 1.82) is 0 Å². The number of ether oxygens (including phenoxy) is 2. The number of carbonyl (C=O) groups excluding carboxylic acids is 1. The van der Waals surface area contributed by atoms with E-state index in [1.54, 1.807) is 38.5 Å². The summed E-state index contributed by atoms with van der Waals surface area (Å²) in [5.41, 5.74) is 1.69. The second kappa shape index (κ2) is 7.66. The molecule has 1 aliphatic rings. The predicted molar refractivity (Wildman–Crippen MR) is 99.1 cm³/mol. The Morgan fingerprint density at radius 2 is 1.68 bits per heavy atom. The van der Waals surface area contributed by atoms with Gasteiger partial charge in [-0.2, -0.15) is 0 Å². The Hall–Kier alpha value is -2.40. The first kappa shape index (κ1) is 17.4. The Balaban J connectivity index is 1.66. The highest BCUT2D eigenvalue weighted by Gasteiger charge is 2.23. The molecule has 0 atom stereocenters. The fraction of sp³-hybridized carbons (Fsp3) is 0.316. The summed E-state index contributed by atoms with van der Waals surface area (Å²) >= 11 is 5.98. The Morgan fingerprint density at radius 3 is 2.32 bits per heavy atom. The number of halogens is 1. The molecule has 132 valence electrons. The third kappa shape index (κ3) is 3.82. The van der Waals surface area contributed by atoms with E-state index in [4.69, 9.17) is 21.1 Å². The number of nitrogens with zero attached hydrogens (tertiary/aromatic N) is 2. The largest absolute Gasteiger partial charge is 0.493 e. The smallest absolute Gasteiger partial charge is 0.254 e. The van der Waals surface area contributed by atoms with Crippen LogP contribution in [0, 0.1) is 0 Å². The molecule has 0 spiro atoms. The third-order valence-corrected chi connectivity index (χ3v) is 4.61. The standard InChI is InChI=1S/C19H21ClN2O3/c1-24-17-7-6-16(13-18(17)25-2)21-8-10-22(11-9-21)19(23)14-4-3-5-15(20)12-14/h3-7,12-13H,8-11H2,1-2H3. The molecule has 1 heterocycles. The fourth-order valence-corrected chi connectivity index (χ4v) is 3.18. The van der Waals surface area contributed by atoms with Crippen LogP contribution in [0.5, 0.6) is 11.5 Å². The van der Waals surface area contributed by atoms with Gasteiger partial charge in [0, 0.05) is 48.5 Å². The van der Waals surface area contributed by atoms with Crippen LogP contribution in [0.25, 0.3) is 0 Å². The van der Waals surface area contributed by atoms with Crippen LogP contribution in [0.2, 0.25) is 5.02 Å². The molecule has 1 fully saturated rings. The number of hydrogen-bond acceptors (Lipinski definition) is 4. The van der Waals surface area contributed by atoms with Crippen LogP contribution in [0.15, 0.2) is 42.5 Å². The molecule has 5 nitrogen and oxygen atoms in total. The zero-order valence-corrected chi connectivity index (χ0v) is 15.1. The van der Waals surface area contributed by atoms with Crippen molar-refractivity contribution in [2.24, 2.45) is 0 Å². The number of piperazine rings is 1. The second-order valence-electron chi connectivity index (χ2n) is 5.83. The normalized spacial score (nSPS) is 14.4. The topological polar surface area (TPSA) is 42.0 Å². The lowest BCUT2D eigenvalue weighted by Gasteiger charge is -2.36. The van der Waals surface area contributed by atoms with E-state index >= 15 is 0 Å².